The Morgan fingerprint density at radius 2 is 1.20 bits per heavy atom. The van der Waals surface area contributed by atoms with Gasteiger partial charge >= 0.3 is 7.82 Å². The molecule has 4 aromatic rings. The molecule has 0 saturated carbocycles. The van der Waals surface area contributed by atoms with Gasteiger partial charge in [0.15, 0.2) is 0 Å². The Balaban J connectivity index is 1.49. The highest BCUT2D eigenvalue weighted by Gasteiger charge is 2.26. The van der Waals surface area contributed by atoms with E-state index in [4.69, 9.17) is 9.05 Å². The van der Waals surface area contributed by atoms with Gasteiger partial charge in [-0.15, -0.1) is 0 Å². The summed E-state index contributed by atoms with van der Waals surface area (Å²) in [5, 5.41) is 1.94. The topological polar surface area (TPSA) is 55.8 Å². The lowest BCUT2D eigenvalue weighted by atomic mass is 9.78. The van der Waals surface area contributed by atoms with Crippen molar-refractivity contribution in [1.82, 2.24) is 0 Å². The van der Waals surface area contributed by atoms with Crippen molar-refractivity contribution in [3.8, 4) is 11.5 Å². The van der Waals surface area contributed by atoms with E-state index in [1.807, 2.05) is 60.7 Å². The largest absolute Gasteiger partial charge is 0.584 e. The van der Waals surface area contributed by atoms with Crippen LogP contribution in [0.1, 0.15) is 25.0 Å². The van der Waals surface area contributed by atoms with Crippen molar-refractivity contribution >= 4 is 18.6 Å². The summed E-state index contributed by atoms with van der Waals surface area (Å²) in [7, 11) is -4.33. The number of rotatable bonds is 6. The molecule has 0 amide bonds. The summed E-state index contributed by atoms with van der Waals surface area (Å²) in [6.07, 6.45) is 0. The summed E-state index contributed by atoms with van der Waals surface area (Å²) < 4.78 is 23.1. The van der Waals surface area contributed by atoms with Crippen LogP contribution in [0.15, 0.2) is 97.1 Å². The van der Waals surface area contributed by atoms with Crippen LogP contribution < -0.4 is 9.05 Å². The molecule has 0 aromatic heterocycles. The van der Waals surface area contributed by atoms with Crippen molar-refractivity contribution in [3.05, 3.63) is 108 Å². The number of phosphoric ester groups is 1. The summed E-state index contributed by atoms with van der Waals surface area (Å²) >= 11 is 0. The van der Waals surface area contributed by atoms with Crippen molar-refractivity contribution in [2.24, 2.45) is 0 Å². The highest BCUT2D eigenvalue weighted by Crippen LogP contribution is 2.45. The summed E-state index contributed by atoms with van der Waals surface area (Å²) in [5.41, 5.74) is 2.06. The molecular formula is C25H23O4P. The van der Waals surface area contributed by atoms with E-state index in [9.17, 15) is 9.46 Å². The third-order valence-corrected chi connectivity index (χ3v) is 6.12. The Bertz CT molecular complexity index is 1200. The molecule has 0 aliphatic rings. The maximum atomic E-state index is 12.5. The second-order valence-corrected chi connectivity index (χ2v) is 8.98. The number of hydrogen-bond donors (Lipinski definition) is 1. The number of benzene rings is 4. The Kier molecular flexibility index (Phi) is 5.38. The van der Waals surface area contributed by atoms with Gasteiger partial charge in [-0.1, -0.05) is 86.6 Å². The van der Waals surface area contributed by atoms with Crippen LogP contribution in [0.25, 0.3) is 10.8 Å². The van der Waals surface area contributed by atoms with Gasteiger partial charge in [-0.3, -0.25) is 4.89 Å². The fraction of sp³-hybridized carbons (Fsp3) is 0.120. The lowest BCUT2D eigenvalue weighted by Crippen LogP contribution is -2.18. The Labute approximate surface area is 176 Å². The fourth-order valence-corrected chi connectivity index (χ4v) is 4.27. The Hall–Kier alpha value is -3.07. The third kappa shape index (κ3) is 4.40. The van der Waals surface area contributed by atoms with E-state index in [1.54, 1.807) is 24.3 Å². The van der Waals surface area contributed by atoms with E-state index >= 15 is 0 Å². The second kappa shape index (κ2) is 7.98. The zero-order valence-corrected chi connectivity index (χ0v) is 17.8. The van der Waals surface area contributed by atoms with Gasteiger partial charge in [0, 0.05) is 5.41 Å². The molecule has 0 bridgehead atoms. The minimum Gasteiger partial charge on any atom is -0.395 e. The van der Waals surface area contributed by atoms with Crippen LogP contribution in [0.5, 0.6) is 11.5 Å². The van der Waals surface area contributed by atoms with Crippen LogP contribution in [0.3, 0.4) is 0 Å². The second-order valence-electron chi connectivity index (χ2n) is 7.68. The first-order chi connectivity index (χ1) is 14.3. The monoisotopic (exact) mass is 418 g/mol. The Morgan fingerprint density at radius 1 is 0.667 bits per heavy atom. The molecule has 30 heavy (non-hydrogen) atoms. The van der Waals surface area contributed by atoms with Crippen molar-refractivity contribution in [1.29, 1.82) is 0 Å². The molecular weight excluding hydrogens is 395 g/mol. The van der Waals surface area contributed by atoms with Crippen LogP contribution in [0.2, 0.25) is 0 Å². The molecule has 4 nitrogen and oxygen atoms in total. The summed E-state index contributed by atoms with van der Waals surface area (Å²) in [6.45, 7) is 4.27. The van der Waals surface area contributed by atoms with Gasteiger partial charge in [-0.05, 0) is 46.2 Å². The molecule has 4 rings (SSSR count). The quantitative estimate of drug-likeness (QED) is 0.353. The predicted molar refractivity (Wildman–Crippen MR) is 120 cm³/mol. The minimum absolute atomic E-state index is 0.204. The summed E-state index contributed by atoms with van der Waals surface area (Å²) in [6, 6.07) is 30.3. The SMILES string of the molecule is CC(C)(c1ccccc1)c1ccc(OP(=O)(O)Oc2ccc3ccccc3c2)cc1. The Morgan fingerprint density at radius 3 is 1.90 bits per heavy atom. The number of phosphoric acid groups is 1. The molecule has 0 radical (unpaired) electrons. The maximum absolute atomic E-state index is 12.5. The molecule has 0 aliphatic heterocycles. The average molecular weight is 418 g/mol. The van der Waals surface area contributed by atoms with E-state index in [-0.39, 0.29) is 16.9 Å². The normalized spacial score (nSPS) is 13.6. The molecule has 152 valence electrons. The van der Waals surface area contributed by atoms with E-state index in [0.29, 0.717) is 0 Å². The molecule has 5 heteroatoms. The summed E-state index contributed by atoms with van der Waals surface area (Å²) in [5.74, 6) is 0.551. The first-order valence-corrected chi connectivity index (χ1v) is 11.2. The number of fused-ring (bicyclic) bond motifs is 1. The van der Waals surface area contributed by atoms with Gasteiger partial charge < -0.3 is 9.05 Å². The van der Waals surface area contributed by atoms with Gasteiger partial charge in [0.05, 0.1) is 0 Å². The molecule has 0 spiro atoms. The zero-order chi connectivity index (χ0) is 21.2. The van der Waals surface area contributed by atoms with E-state index in [1.165, 1.54) is 5.56 Å². The van der Waals surface area contributed by atoms with Crippen molar-refractivity contribution < 1.29 is 18.5 Å². The van der Waals surface area contributed by atoms with Crippen molar-refractivity contribution in [2.45, 2.75) is 19.3 Å². The van der Waals surface area contributed by atoms with E-state index in [0.717, 1.165) is 16.3 Å². The minimum atomic E-state index is -4.33. The lowest BCUT2D eigenvalue weighted by Gasteiger charge is -2.26. The molecule has 0 aliphatic carbocycles. The van der Waals surface area contributed by atoms with Crippen molar-refractivity contribution in [3.63, 3.8) is 0 Å². The average Bonchev–Trinajstić information content (AvgIpc) is 2.74. The molecule has 1 atom stereocenters. The van der Waals surface area contributed by atoms with Crippen LogP contribution in [-0.2, 0) is 9.98 Å². The molecule has 1 unspecified atom stereocenters. The van der Waals surface area contributed by atoms with Crippen LogP contribution in [0, 0.1) is 0 Å². The van der Waals surface area contributed by atoms with E-state index in [2.05, 4.69) is 26.0 Å². The standard InChI is InChI=1S/C25H23O4P/c1-25(2,21-10-4-3-5-11-21)22-13-16-23(17-14-22)28-30(26,27)29-24-15-12-19-8-6-7-9-20(19)18-24/h3-18H,1-2H3,(H,26,27). The molecule has 1 N–H and O–H groups in total. The predicted octanol–water partition coefficient (Wildman–Crippen LogP) is 6.72. The van der Waals surface area contributed by atoms with Crippen LogP contribution in [-0.4, -0.2) is 4.89 Å². The maximum Gasteiger partial charge on any atom is 0.584 e. The van der Waals surface area contributed by atoms with Gasteiger partial charge in [0.1, 0.15) is 11.5 Å². The summed E-state index contributed by atoms with van der Waals surface area (Å²) in [4.78, 5) is 10.2. The van der Waals surface area contributed by atoms with Gasteiger partial charge in [-0.2, -0.15) is 0 Å². The molecule has 0 fully saturated rings. The first-order valence-electron chi connectivity index (χ1n) is 9.70. The smallest absolute Gasteiger partial charge is 0.395 e. The molecule has 0 saturated heterocycles. The fourth-order valence-electron chi connectivity index (χ4n) is 3.46. The lowest BCUT2D eigenvalue weighted by molar-refractivity contribution is 0.291. The zero-order valence-electron chi connectivity index (χ0n) is 16.9. The van der Waals surface area contributed by atoms with Crippen molar-refractivity contribution in [2.75, 3.05) is 0 Å². The highest BCUT2D eigenvalue weighted by atomic mass is 31.2. The van der Waals surface area contributed by atoms with Gasteiger partial charge in [-0.25, -0.2) is 4.57 Å². The first kappa shape index (κ1) is 20.2. The third-order valence-electron chi connectivity index (χ3n) is 5.23. The molecule has 0 heterocycles. The number of hydrogen-bond acceptors (Lipinski definition) is 3. The van der Waals surface area contributed by atoms with Gasteiger partial charge in [0.2, 0.25) is 0 Å². The highest BCUT2D eigenvalue weighted by molar-refractivity contribution is 7.48. The van der Waals surface area contributed by atoms with Crippen LogP contribution in [0.4, 0.5) is 0 Å². The van der Waals surface area contributed by atoms with E-state index < -0.39 is 7.82 Å². The van der Waals surface area contributed by atoms with Crippen LogP contribution >= 0.6 is 7.82 Å². The molecule has 4 aromatic carbocycles. The van der Waals surface area contributed by atoms with Gasteiger partial charge in [0.25, 0.3) is 0 Å².